The van der Waals surface area contributed by atoms with Crippen LogP contribution in [0.15, 0.2) is 72.8 Å². The van der Waals surface area contributed by atoms with Crippen LogP contribution in [0.3, 0.4) is 0 Å². The number of Topliss-reactive ketones (excluding diaryl/α,β-unsaturated/α-hetero) is 1. The topological polar surface area (TPSA) is 17.1 Å². The summed E-state index contributed by atoms with van der Waals surface area (Å²) >= 11 is 0. The maximum atomic E-state index is 12.8. The fourth-order valence-corrected chi connectivity index (χ4v) is 5.91. The Labute approximate surface area is 159 Å². The molecule has 3 aromatic carbocycles. The van der Waals surface area contributed by atoms with E-state index in [1.165, 1.54) is 40.3 Å². The fourth-order valence-electron chi connectivity index (χ4n) is 5.91. The Bertz CT molecular complexity index is 1110. The van der Waals surface area contributed by atoms with Gasteiger partial charge in [0.2, 0.25) is 0 Å². The normalized spacial score (nSPS) is 28.2. The van der Waals surface area contributed by atoms with E-state index in [0.29, 0.717) is 24.0 Å². The number of fused-ring (bicyclic) bond motifs is 6. The van der Waals surface area contributed by atoms with Crippen molar-refractivity contribution in [3.63, 3.8) is 0 Å². The summed E-state index contributed by atoms with van der Waals surface area (Å²) in [5, 5.41) is 2.44. The van der Waals surface area contributed by atoms with E-state index in [0.717, 1.165) is 12.0 Å². The van der Waals surface area contributed by atoms with Crippen LogP contribution in [0, 0.1) is 11.8 Å². The molecule has 3 atom stereocenters. The van der Waals surface area contributed by atoms with Crippen molar-refractivity contribution in [1.82, 2.24) is 0 Å². The predicted molar refractivity (Wildman–Crippen MR) is 110 cm³/mol. The second kappa shape index (κ2) is 5.42. The van der Waals surface area contributed by atoms with Gasteiger partial charge in [0.05, 0.1) is 0 Å². The molecule has 0 aliphatic heterocycles. The van der Waals surface area contributed by atoms with Gasteiger partial charge in [-0.25, -0.2) is 0 Å². The summed E-state index contributed by atoms with van der Waals surface area (Å²) in [5.74, 6) is 1.66. The average molecular weight is 350 g/mol. The van der Waals surface area contributed by atoms with Gasteiger partial charge in [-0.15, -0.1) is 0 Å². The minimum Gasteiger partial charge on any atom is -0.294 e. The third-order valence-corrected chi connectivity index (χ3v) is 7.23. The molecular formula is C26H22O. The molecule has 0 radical (unpaired) electrons. The molecule has 0 saturated heterocycles. The van der Waals surface area contributed by atoms with Crippen molar-refractivity contribution < 1.29 is 4.79 Å². The number of ketones is 1. The molecule has 3 aromatic rings. The highest BCUT2D eigenvalue weighted by atomic mass is 16.1. The van der Waals surface area contributed by atoms with Crippen LogP contribution in [0.1, 0.15) is 41.6 Å². The van der Waals surface area contributed by atoms with E-state index in [1.54, 1.807) is 0 Å². The number of hydrogen-bond acceptors (Lipinski definition) is 1. The second-order valence-corrected chi connectivity index (χ2v) is 8.60. The monoisotopic (exact) mass is 350 g/mol. The summed E-state index contributed by atoms with van der Waals surface area (Å²) in [6, 6.07) is 21.7. The van der Waals surface area contributed by atoms with E-state index >= 15 is 0 Å². The largest absolute Gasteiger partial charge is 0.294 e. The van der Waals surface area contributed by atoms with Crippen molar-refractivity contribution in [3.05, 3.63) is 83.9 Å². The molecule has 1 saturated carbocycles. The van der Waals surface area contributed by atoms with Crippen molar-refractivity contribution in [2.45, 2.75) is 31.1 Å². The van der Waals surface area contributed by atoms with Gasteiger partial charge < -0.3 is 0 Å². The van der Waals surface area contributed by atoms with Gasteiger partial charge in [0.25, 0.3) is 0 Å². The summed E-state index contributed by atoms with van der Waals surface area (Å²) in [4.78, 5) is 12.8. The van der Waals surface area contributed by atoms with Crippen LogP contribution in [0.4, 0.5) is 0 Å². The number of carbonyl (C=O) groups is 1. The van der Waals surface area contributed by atoms with Crippen LogP contribution >= 0.6 is 0 Å². The van der Waals surface area contributed by atoms with E-state index in [9.17, 15) is 4.79 Å². The summed E-state index contributed by atoms with van der Waals surface area (Å²) in [5.41, 5.74) is 4.95. The maximum absolute atomic E-state index is 12.8. The molecule has 3 unspecified atom stereocenters. The average Bonchev–Trinajstić information content (AvgIpc) is 3.32. The zero-order valence-corrected chi connectivity index (χ0v) is 15.3. The minimum absolute atomic E-state index is 0.203. The summed E-state index contributed by atoms with van der Waals surface area (Å²) < 4.78 is 0. The van der Waals surface area contributed by atoms with Gasteiger partial charge in [-0.1, -0.05) is 54.6 Å². The Morgan fingerprint density at radius 3 is 2.52 bits per heavy atom. The zero-order valence-electron chi connectivity index (χ0n) is 15.3. The number of allylic oxidation sites excluding steroid dienone is 2. The van der Waals surface area contributed by atoms with Crippen molar-refractivity contribution in [2.24, 2.45) is 11.8 Å². The van der Waals surface area contributed by atoms with Crippen LogP contribution < -0.4 is 0 Å². The standard InChI is InChI=1S/C26H22O/c27-25-10-11-26(16-17-6-9-22(26)12-17)24-15-20-8-7-19(13-21(20)14-23(24)25)18-4-2-1-3-5-18/h1-9,13-15,17,22H,10-12,16H2. The molecule has 3 aliphatic rings. The Balaban J connectivity index is 1.54. The Morgan fingerprint density at radius 1 is 0.852 bits per heavy atom. The van der Waals surface area contributed by atoms with E-state index in [-0.39, 0.29) is 5.41 Å². The first-order valence-electron chi connectivity index (χ1n) is 10.1. The number of rotatable bonds is 1. The third-order valence-electron chi connectivity index (χ3n) is 7.23. The lowest BCUT2D eigenvalue weighted by Gasteiger charge is -2.40. The first kappa shape index (κ1) is 15.4. The van der Waals surface area contributed by atoms with Gasteiger partial charge in [-0.2, -0.15) is 0 Å². The number of hydrogen-bond donors (Lipinski definition) is 0. The molecule has 1 heteroatoms. The van der Waals surface area contributed by atoms with Crippen LogP contribution in [0.2, 0.25) is 0 Å². The van der Waals surface area contributed by atoms with Gasteiger partial charge in [0, 0.05) is 17.4 Å². The first-order valence-corrected chi connectivity index (χ1v) is 10.1. The lowest BCUT2D eigenvalue weighted by molar-refractivity contribution is 0.0944. The van der Waals surface area contributed by atoms with Crippen molar-refractivity contribution in [2.75, 3.05) is 0 Å². The lowest BCUT2D eigenvalue weighted by atomic mass is 9.62. The summed E-state index contributed by atoms with van der Waals surface area (Å²) in [6.07, 6.45) is 9.06. The predicted octanol–water partition coefficient (Wildman–Crippen LogP) is 6.32. The highest BCUT2D eigenvalue weighted by Crippen LogP contribution is 2.58. The second-order valence-electron chi connectivity index (χ2n) is 8.60. The van der Waals surface area contributed by atoms with Crippen LogP contribution in [0.5, 0.6) is 0 Å². The Hall–Kier alpha value is -2.67. The van der Waals surface area contributed by atoms with Crippen molar-refractivity contribution >= 4 is 16.6 Å². The molecule has 3 aliphatic carbocycles. The van der Waals surface area contributed by atoms with Crippen LogP contribution in [0.25, 0.3) is 21.9 Å². The van der Waals surface area contributed by atoms with Gasteiger partial charge in [0.1, 0.15) is 0 Å². The van der Waals surface area contributed by atoms with E-state index in [2.05, 4.69) is 66.7 Å². The molecule has 6 rings (SSSR count). The fraction of sp³-hybridized carbons (Fsp3) is 0.269. The summed E-state index contributed by atoms with van der Waals surface area (Å²) in [6.45, 7) is 0. The Morgan fingerprint density at radius 2 is 1.74 bits per heavy atom. The summed E-state index contributed by atoms with van der Waals surface area (Å²) in [7, 11) is 0. The molecule has 0 aromatic heterocycles. The highest BCUT2D eigenvalue weighted by molar-refractivity contribution is 6.03. The highest BCUT2D eigenvalue weighted by Gasteiger charge is 2.52. The quantitative estimate of drug-likeness (QED) is 0.470. The SMILES string of the molecule is O=C1CCC2(CC3C=CC2C3)c2cc3ccc(-c4ccccc4)cc3cc21. The van der Waals surface area contributed by atoms with Crippen molar-refractivity contribution in [1.29, 1.82) is 0 Å². The number of carbonyl (C=O) groups excluding carboxylic acids is 1. The van der Waals surface area contributed by atoms with E-state index in [1.807, 2.05) is 6.07 Å². The first-order chi connectivity index (χ1) is 13.2. The molecule has 27 heavy (non-hydrogen) atoms. The number of benzene rings is 3. The van der Waals surface area contributed by atoms with Gasteiger partial charge in [-0.05, 0) is 76.8 Å². The van der Waals surface area contributed by atoms with Crippen molar-refractivity contribution in [3.8, 4) is 11.1 Å². The third kappa shape index (κ3) is 2.15. The molecule has 0 amide bonds. The lowest BCUT2D eigenvalue weighted by Crippen LogP contribution is -2.36. The Kier molecular flexibility index (Phi) is 3.09. The molecule has 1 spiro atoms. The molecule has 0 N–H and O–H groups in total. The minimum atomic E-state index is 0.203. The molecule has 1 fully saturated rings. The smallest absolute Gasteiger partial charge is 0.163 e. The molecule has 132 valence electrons. The molecule has 2 bridgehead atoms. The zero-order chi connectivity index (χ0) is 18.0. The molecular weight excluding hydrogens is 328 g/mol. The maximum Gasteiger partial charge on any atom is 0.163 e. The van der Waals surface area contributed by atoms with E-state index in [4.69, 9.17) is 0 Å². The van der Waals surface area contributed by atoms with E-state index < -0.39 is 0 Å². The van der Waals surface area contributed by atoms with Gasteiger partial charge in [0.15, 0.2) is 5.78 Å². The van der Waals surface area contributed by atoms with Gasteiger partial charge in [-0.3, -0.25) is 4.79 Å². The molecule has 0 heterocycles. The van der Waals surface area contributed by atoms with Crippen LogP contribution in [-0.4, -0.2) is 5.78 Å². The van der Waals surface area contributed by atoms with Crippen LogP contribution in [-0.2, 0) is 5.41 Å². The van der Waals surface area contributed by atoms with Gasteiger partial charge >= 0.3 is 0 Å². The molecule has 1 nitrogen and oxygen atoms in total.